The summed E-state index contributed by atoms with van der Waals surface area (Å²) in [5.41, 5.74) is 2.43. The van der Waals surface area contributed by atoms with Gasteiger partial charge in [0.1, 0.15) is 0 Å². The molecule has 21 heavy (non-hydrogen) atoms. The number of alkyl halides is 1. The fraction of sp³-hybridized carbons (Fsp3) is 0.333. The number of hydrogen-bond donors (Lipinski definition) is 1. The average Bonchev–Trinajstić information content (AvgIpc) is 2.44. The minimum atomic E-state index is -0.825. The zero-order valence-electron chi connectivity index (χ0n) is 12.3. The second-order valence-electron chi connectivity index (χ2n) is 5.78. The van der Waals surface area contributed by atoms with Gasteiger partial charge in [-0.2, -0.15) is 0 Å². The summed E-state index contributed by atoms with van der Waals surface area (Å²) in [6.07, 6.45) is 1.69. The summed E-state index contributed by atoms with van der Waals surface area (Å²) >= 11 is 9.98. The van der Waals surface area contributed by atoms with Crippen LogP contribution < -0.4 is 0 Å². The van der Waals surface area contributed by atoms with Crippen molar-refractivity contribution in [2.24, 2.45) is 0 Å². The topological polar surface area (TPSA) is 20.2 Å². The molecule has 2 aromatic rings. The maximum absolute atomic E-state index is 10.2. The summed E-state index contributed by atoms with van der Waals surface area (Å²) in [5.74, 6) is 0. The molecule has 0 amide bonds. The number of hydrogen-bond acceptors (Lipinski definition) is 1. The van der Waals surface area contributed by atoms with E-state index in [2.05, 4.69) is 28.1 Å². The molecule has 0 aliphatic rings. The van der Waals surface area contributed by atoms with Crippen LogP contribution in [0.25, 0.3) is 0 Å². The zero-order chi connectivity index (χ0) is 15.5. The Morgan fingerprint density at radius 3 is 2.52 bits per heavy atom. The van der Waals surface area contributed by atoms with E-state index in [1.54, 1.807) is 0 Å². The van der Waals surface area contributed by atoms with Crippen molar-refractivity contribution in [2.75, 3.05) is 0 Å². The first-order valence-electron chi connectivity index (χ1n) is 7.08. The number of halogens is 2. The van der Waals surface area contributed by atoms with E-state index in [0.29, 0.717) is 0 Å². The number of aliphatic hydroxyl groups is 1. The normalized spacial score (nSPS) is 13.2. The Balaban J connectivity index is 2.10. The summed E-state index contributed by atoms with van der Waals surface area (Å²) < 4.78 is 1.04. The van der Waals surface area contributed by atoms with Gasteiger partial charge in [-0.3, -0.25) is 0 Å². The van der Waals surface area contributed by atoms with Crippen LogP contribution in [0.5, 0.6) is 0 Å². The number of benzene rings is 2. The molecule has 0 bridgehead atoms. The van der Waals surface area contributed by atoms with Gasteiger partial charge in [-0.1, -0.05) is 52.3 Å². The van der Waals surface area contributed by atoms with Gasteiger partial charge in [0.25, 0.3) is 0 Å². The van der Waals surface area contributed by atoms with E-state index < -0.39 is 5.60 Å². The fourth-order valence-electron chi connectivity index (χ4n) is 2.49. The minimum Gasteiger partial charge on any atom is -0.386 e. The molecule has 0 aromatic heterocycles. The van der Waals surface area contributed by atoms with Crippen LogP contribution in [-0.4, -0.2) is 5.11 Å². The number of aryl methyl sites for hydroxylation is 1. The van der Waals surface area contributed by atoms with Crippen LogP contribution in [-0.2, 0) is 12.0 Å². The molecule has 3 heteroatoms. The Morgan fingerprint density at radius 1 is 1.14 bits per heavy atom. The zero-order valence-corrected chi connectivity index (χ0v) is 14.7. The van der Waals surface area contributed by atoms with Crippen LogP contribution in [0.15, 0.2) is 53.0 Å². The first-order chi connectivity index (χ1) is 9.88. The molecule has 1 N–H and O–H groups in total. The van der Waals surface area contributed by atoms with Crippen LogP contribution in [0.2, 0.25) is 0 Å². The quantitative estimate of drug-likeness (QED) is 0.683. The van der Waals surface area contributed by atoms with Crippen LogP contribution in [0.3, 0.4) is 0 Å². The summed E-state index contributed by atoms with van der Waals surface area (Å²) in [4.78, 5) is 0. The second-order valence-corrected chi connectivity index (χ2v) is 7.22. The minimum absolute atomic E-state index is 0.0302. The van der Waals surface area contributed by atoms with E-state index in [-0.39, 0.29) is 5.38 Å². The molecular weight excluding hydrogens is 348 g/mol. The Kier molecular flexibility index (Phi) is 5.48. The highest BCUT2D eigenvalue weighted by Crippen LogP contribution is 2.30. The molecule has 0 aliphatic heterocycles. The van der Waals surface area contributed by atoms with Crippen molar-refractivity contribution in [3.8, 4) is 0 Å². The highest BCUT2D eigenvalue weighted by molar-refractivity contribution is 9.10. The van der Waals surface area contributed by atoms with E-state index >= 15 is 0 Å². The molecule has 0 spiro atoms. The molecule has 0 saturated carbocycles. The average molecular weight is 368 g/mol. The summed E-state index contributed by atoms with van der Waals surface area (Å²) in [5, 5.41) is 10.2. The monoisotopic (exact) mass is 366 g/mol. The Hall–Kier alpha value is -0.830. The molecule has 1 nitrogen and oxygen atoms in total. The van der Waals surface area contributed by atoms with Gasteiger partial charge in [0, 0.05) is 4.47 Å². The standard InChI is InChI=1S/C18H20BrClO/c1-18(2,21)16-9-4-3-6-13(16)10-11-17(20)14-7-5-8-15(19)12-14/h3-9,12,17,21H,10-11H2,1-2H3/t17-/m0/s1. The molecule has 1 atom stereocenters. The Bertz CT molecular complexity index is 604. The summed E-state index contributed by atoms with van der Waals surface area (Å²) in [6.45, 7) is 3.64. The predicted octanol–water partition coefficient (Wildman–Crippen LogP) is 5.59. The van der Waals surface area contributed by atoms with Gasteiger partial charge in [0.05, 0.1) is 11.0 Å². The van der Waals surface area contributed by atoms with E-state index in [9.17, 15) is 5.11 Å². The van der Waals surface area contributed by atoms with Crippen molar-refractivity contribution in [1.29, 1.82) is 0 Å². The van der Waals surface area contributed by atoms with Gasteiger partial charge in [-0.05, 0) is 55.5 Å². The van der Waals surface area contributed by atoms with Gasteiger partial charge >= 0.3 is 0 Å². The largest absolute Gasteiger partial charge is 0.386 e. The van der Waals surface area contributed by atoms with Gasteiger partial charge in [0.2, 0.25) is 0 Å². The molecule has 0 heterocycles. The molecule has 0 fully saturated rings. The van der Waals surface area contributed by atoms with Crippen molar-refractivity contribution < 1.29 is 5.11 Å². The fourth-order valence-corrected chi connectivity index (χ4v) is 3.15. The number of rotatable bonds is 5. The third-order valence-electron chi connectivity index (χ3n) is 3.55. The second kappa shape index (κ2) is 6.95. The molecule has 0 aliphatic carbocycles. The molecule has 2 rings (SSSR count). The first kappa shape index (κ1) is 16.5. The van der Waals surface area contributed by atoms with Gasteiger partial charge in [-0.25, -0.2) is 0 Å². The third kappa shape index (κ3) is 4.57. The van der Waals surface area contributed by atoms with E-state index in [4.69, 9.17) is 11.6 Å². The van der Waals surface area contributed by atoms with Crippen molar-refractivity contribution in [1.82, 2.24) is 0 Å². The van der Waals surface area contributed by atoms with Crippen LogP contribution in [0.1, 0.15) is 42.3 Å². The lowest BCUT2D eigenvalue weighted by molar-refractivity contribution is 0.0776. The summed E-state index contributed by atoms with van der Waals surface area (Å²) in [6, 6.07) is 16.1. The van der Waals surface area contributed by atoms with Crippen LogP contribution in [0, 0.1) is 0 Å². The maximum atomic E-state index is 10.2. The lowest BCUT2D eigenvalue weighted by Gasteiger charge is -2.22. The SMILES string of the molecule is CC(C)(O)c1ccccc1CC[C@H](Cl)c1cccc(Br)c1. The van der Waals surface area contributed by atoms with Crippen molar-refractivity contribution in [3.05, 3.63) is 69.7 Å². The third-order valence-corrected chi connectivity index (χ3v) is 4.52. The van der Waals surface area contributed by atoms with Gasteiger partial charge in [-0.15, -0.1) is 11.6 Å². The Morgan fingerprint density at radius 2 is 1.86 bits per heavy atom. The molecule has 0 saturated heterocycles. The van der Waals surface area contributed by atoms with Gasteiger partial charge in [0.15, 0.2) is 0 Å². The van der Waals surface area contributed by atoms with E-state index in [0.717, 1.165) is 34.0 Å². The lowest BCUT2D eigenvalue weighted by atomic mass is 9.90. The summed E-state index contributed by atoms with van der Waals surface area (Å²) in [7, 11) is 0. The maximum Gasteiger partial charge on any atom is 0.0843 e. The molecule has 2 aromatic carbocycles. The van der Waals surface area contributed by atoms with Gasteiger partial charge < -0.3 is 5.11 Å². The first-order valence-corrected chi connectivity index (χ1v) is 8.31. The highest BCUT2D eigenvalue weighted by Gasteiger charge is 2.20. The van der Waals surface area contributed by atoms with E-state index in [1.807, 2.05) is 50.2 Å². The smallest absolute Gasteiger partial charge is 0.0843 e. The van der Waals surface area contributed by atoms with Crippen molar-refractivity contribution in [3.63, 3.8) is 0 Å². The molecular formula is C18H20BrClO. The lowest BCUT2D eigenvalue weighted by Crippen LogP contribution is -2.18. The van der Waals surface area contributed by atoms with Crippen molar-refractivity contribution in [2.45, 2.75) is 37.7 Å². The predicted molar refractivity (Wildman–Crippen MR) is 92.7 cm³/mol. The Labute approximate surface area is 140 Å². The molecule has 112 valence electrons. The highest BCUT2D eigenvalue weighted by atomic mass is 79.9. The van der Waals surface area contributed by atoms with Crippen LogP contribution >= 0.6 is 27.5 Å². The van der Waals surface area contributed by atoms with Crippen molar-refractivity contribution >= 4 is 27.5 Å². The van der Waals surface area contributed by atoms with E-state index in [1.165, 1.54) is 0 Å². The molecule has 0 radical (unpaired) electrons. The molecule has 0 unspecified atom stereocenters. The van der Waals surface area contributed by atoms with Crippen LogP contribution in [0.4, 0.5) is 0 Å².